The molecule has 1 N–H and O–H groups in total. The van der Waals surface area contributed by atoms with Crippen molar-refractivity contribution in [2.45, 2.75) is 36.7 Å². The Morgan fingerprint density at radius 2 is 2.29 bits per heavy atom. The summed E-state index contributed by atoms with van der Waals surface area (Å²) >= 11 is 1.88. The number of alkyl carbamates (subject to hydrolysis) is 1. The van der Waals surface area contributed by atoms with Crippen LogP contribution >= 0.6 is 22.6 Å². The van der Waals surface area contributed by atoms with E-state index in [-0.39, 0.29) is 0 Å². The second-order valence-electron chi connectivity index (χ2n) is 2.88. The molecule has 80 valence electrons. The van der Waals surface area contributed by atoms with Crippen molar-refractivity contribution in [3.63, 3.8) is 0 Å². The van der Waals surface area contributed by atoms with Gasteiger partial charge in [-0.15, -0.1) is 6.42 Å². The summed E-state index contributed by atoms with van der Waals surface area (Å²) in [5.74, 6) is 2.31. The van der Waals surface area contributed by atoms with Crippen LogP contribution in [0.2, 0.25) is 0 Å². The Labute approximate surface area is 99.1 Å². The Morgan fingerprint density at radius 3 is 2.86 bits per heavy atom. The first-order valence-electron chi connectivity index (χ1n) is 4.75. The first-order valence-corrected chi connectivity index (χ1v) is 6.00. The summed E-state index contributed by atoms with van der Waals surface area (Å²) in [4.78, 5) is 11.0. The van der Waals surface area contributed by atoms with Gasteiger partial charge in [0.2, 0.25) is 4.11 Å². The van der Waals surface area contributed by atoms with Crippen LogP contribution in [-0.4, -0.2) is 16.7 Å². The van der Waals surface area contributed by atoms with Crippen molar-refractivity contribution in [2.75, 3.05) is 6.54 Å². The standard InChI is InChI=1S/C10H16INO2/c1-3-5-6-7-8-12-10(13)14-9(11)4-2/h2,9H,3,5-8H2,1H3,(H,12,13). The van der Waals surface area contributed by atoms with Crippen LogP contribution in [-0.2, 0) is 4.74 Å². The maximum atomic E-state index is 11.0. The third kappa shape index (κ3) is 8.17. The quantitative estimate of drug-likeness (QED) is 0.354. The molecule has 0 aliphatic carbocycles. The number of hydrogen-bond donors (Lipinski definition) is 1. The molecule has 0 bridgehead atoms. The zero-order valence-corrected chi connectivity index (χ0v) is 10.5. The maximum absolute atomic E-state index is 11.0. The van der Waals surface area contributed by atoms with E-state index in [4.69, 9.17) is 11.2 Å². The number of terminal acetylenes is 1. The van der Waals surface area contributed by atoms with Gasteiger partial charge in [0.15, 0.2) is 0 Å². The molecule has 0 heterocycles. The summed E-state index contributed by atoms with van der Waals surface area (Å²) in [5.41, 5.74) is 0. The van der Waals surface area contributed by atoms with Crippen molar-refractivity contribution < 1.29 is 9.53 Å². The highest BCUT2D eigenvalue weighted by molar-refractivity contribution is 14.1. The van der Waals surface area contributed by atoms with E-state index < -0.39 is 10.2 Å². The number of ether oxygens (including phenoxy) is 1. The highest BCUT2D eigenvalue weighted by Crippen LogP contribution is 2.01. The molecule has 0 radical (unpaired) electrons. The second-order valence-corrected chi connectivity index (χ2v) is 4.01. The second kappa shape index (κ2) is 9.13. The molecule has 0 saturated carbocycles. The van der Waals surface area contributed by atoms with E-state index >= 15 is 0 Å². The molecular formula is C10H16INO2. The normalized spacial score (nSPS) is 11.5. The number of unbranched alkanes of at least 4 members (excludes halogenated alkanes) is 3. The van der Waals surface area contributed by atoms with Crippen molar-refractivity contribution in [1.29, 1.82) is 0 Å². The predicted octanol–water partition coefficient (Wildman–Crippen LogP) is 2.69. The molecule has 1 unspecified atom stereocenters. The van der Waals surface area contributed by atoms with Crippen LogP contribution in [0.3, 0.4) is 0 Å². The molecule has 0 aromatic carbocycles. The minimum absolute atomic E-state index is 0.432. The summed E-state index contributed by atoms with van der Waals surface area (Å²) in [6.07, 6.45) is 9.15. The average molecular weight is 309 g/mol. The summed E-state index contributed by atoms with van der Waals surface area (Å²) in [7, 11) is 0. The smallest absolute Gasteiger partial charge is 0.409 e. The van der Waals surface area contributed by atoms with Gasteiger partial charge in [-0.2, -0.15) is 0 Å². The Balaban J connectivity index is 3.32. The lowest BCUT2D eigenvalue weighted by molar-refractivity contribution is 0.155. The van der Waals surface area contributed by atoms with Crippen LogP contribution < -0.4 is 5.32 Å². The fourth-order valence-electron chi connectivity index (χ4n) is 0.912. The van der Waals surface area contributed by atoms with E-state index in [1.54, 1.807) is 0 Å². The summed E-state index contributed by atoms with van der Waals surface area (Å²) in [5, 5.41) is 2.65. The van der Waals surface area contributed by atoms with Gasteiger partial charge in [-0.05, 0) is 29.0 Å². The van der Waals surface area contributed by atoms with Crippen molar-refractivity contribution >= 4 is 28.7 Å². The minimum Gasteiger partial charge on any atom is -0.423 e. The highest BCUT2D eigenvalue weighted by atomic mass is 127. The molecule has 0 aliphatic rings. The van der Waals surface area contributed by atoms with Gasteiger partial charge in [0.1, 0.15) is 0 Å². The summed E-state index contributed by atoms with van der Waals surface area (Å²) < 4.78 is 4.32. The summed E-state index contributed by atoms with van der Waals surface area (Å²) in [6.45, 7) is 2.81. The molecule has 1 amide bonds. The molecule has 4 heteroatoms. The number of carbonyl (C=O) groups is 1. The van der Waals surface area contributed by atoms with Crippen molar-refractivity contribution in [1.82, 2.24) is 5.32 Å². The van der Waals surface area contributed by atoms with Crippen LogP contribution in [0.15, 0.2) is 0 Å². The maximum Gasteiger partial charge on any atom is 0.409 e. The zero-order valence-electron chi connectivity index (χ0n) is 8.38. The molecule has 14 heavy (non-hydrogen) atoms. The Kier molecular flexibility index (Phi) is 8.84. The van der Waals surface area contributed by atoms with Crippen LogP contribution in [0.5, 0.6) is 0 Å². The first-order chi connectivity index (χ1) is 6.70. The molecule has 0 aromatic rings. The molecule has 3 nitrogen and oxygen atoms in total. The van der Waals surface area contributed by atoms with E-state index in [0.717, 1.165) is 12.8 Å². The van der Waals surface area contributed by atoms with Crippen LogP contribution in [0.4, 0.5) is 4.79 Å². The third-order valence-electron chi connectivity index (χ3n) is 1.64. The molecule has 0 saturated heterocycles. The minimum atomic E-state index is -0.483. The Hall–Kier alpha value is -0.440. The van der Waals surface area contributed by atoms with Crippen molar-refractivity contribution in [2.24, 2.45) is 0 Å². The molecule has 0 fully saturated rings. The lowest BCUT2D eigenvalue weighted by atomic mass is 10.2. The number of amides is 1. The first kappa shape index (κ1) is 13.6. The number of nitrogens with one attached hydrogen (secondary N) is 1. The van der Waals surface area contributed by atoms with E-state index in [9.17, 15) is 4.79 Å². The van der Waals surface area contributed by atoms with Gasteiger partial charge in [-0.25, -0.2) is 4.79 Å². The predicted molar refractivity (Wildman–Crippen MR) is 65.3 cm³/mol. The lowest BCUT2D eigenvalue weighted by Gasteiger charge is -2.07. The average Bonchev–Trinajstić information content (AvgIpc) is 2.17. The lowest BCUT2D eigenvalue weighted by Crippen LogP contribution is -2.27. The molecule has 0 rings (SSSR count). The fraction of sp³-hybridized carbons (Fsp3) is 0.700. The topological polar surface area (TPSA) is 38.3 Å². The third-order valence-corrected chi connectivity index (χ3v) is 2.26. The van der Waals surface area contributed by atoms with Gasteiger partial charge in [-0.3, -0.25) is 0 Å². The van der Waals surface area contributed by atoms with E-state index in [1.807, 2.05) is 22.6 Å². The van der Waals surface area contributed by atoms with Crippen LogP contribution in [0.1, 0.15) is 32.6 Å². The van der Waals surface area contributed by atoms with Gasteiger partial charge >= 0.3 is 6.09 Å². The molecule has 0 aromatic heterocycles. The molecular weight excluding hydrogens is 293 g/mol. The van der Waals surface area contributed by atoms with E-state index in [0.29, 0.717) is 6.54 Å². The van der Waals surface area contributed by atoms with Crippen molar-refractivity contribution in [3.05, 3.63) is 0 Å². The summed E-state index contributed by atoms with van der Waals surface area (Å²) in [6, 6.07) is 0. The monoisotopic (exact) mass is 309 g/mol. The van der Waals surface area contributed by atoms with E-state index in [1.165, 1.54) is 12.8 Å². The molecule has 0 aliphatic heterocycles. The van der Waals surface area contributed by atoms with Crippen molar-refractivity contribution in [3.8, 4) is 12.3 Å². The Bertz CT molecular complexity index is 201. The zero-order chi connectivity index (χ0) is 10.8. The number of hydrogen-bond acceptors (Lipinski definition) is 2. The SMILES string of the molecule is C#CC(I)OC(=O)NCCCCCC. The fourth-order valence-corrected chi connectivity index (χ4v) is 1.14. The number of rotatable bonds is 6. The number of alkyl halides is 1. The van der Waals surface area contributed by atoms with Gasteiger partial charge in [-0.1, -0.05) is 32.1 Å². The molecule has 0 spiro atoms. The largest absolute Gasteiger partial charge is 0.423 e. The van der Waals surface area contributed by atoms with Crippen LogP contribution in [0.25, 0.3) is 0 Å². The van der Waals surface area contributed by atoms with Gasteiger partial charge in [0.25, 0.3) is 0 Å². The highest BCUT2D eigenvalue weighted by Gasteiger charge is 2.05. The van der Waals surface area contributed by atoms with Gasteiger partial charge in [0.05, 0.1) is 0 Å². The van der Waals surface area contributed by atoms with Gasteiger partial charge < -0.3 is 10.1 Å². The molecule has 1 atom stereocenters. The Morgan fingerprint density at radius 1 is 1.57 bits per heavy atom. The number of carbonyl (C=O) groups excluding carboxylic acids is 1. The van der Waals surface area contributed by atoms with Crippen LogP contribution in [0, 0.1) is 12.3 Å². The van der Waals surface area contributed by atoms with Gasteiger partial charge in [0, 0.05) is 6.54 Å². The number of halogens is 1. The van der Waals surface area contributed by atoms with E-state index in [2.05, 4.69) is 18.2 Å².